The minimum atomic E-state index is -3.21. The van der Waals surface area contributed by atoms with Crippen LogP contribution in [0, 0.1) is 0 Å². The molecule has 0 fully saturated rings. The number of nitrogens with two attached hydrogens (primary N) is 1. The quantitative estimate of drug-likeness (QED) is 0.265. The Labute approximate surface area is 217 Å². The number of alkyl halides is 4. The molecule has 1 unspecified atom stereocenters. The molecule has 38 heavy (non-hydrogen) atoms. The summed E-state index contributed by atoms with van der Waals surface area (Å²) < 4.78 is 60.8. The Bertz CT molecular complexity index is 1390. The first-order chi connectivity index (χ1) is 18.3. The number of aryl methyl sites for hydroxylation is 1. The third-order valence-corrected chi connectivity index (χ3v) is 6.92. The Morgan fingerprint density at radius 2 is 1.55 bits per heavy atom. The second-order valence-corrected chi connectivity index (χ2v) is 9.18. The number of fused-ring (bicyclic) bond motifs is 1. The first-order valence-electron chi connectivity index (χ1n) is 12.1. The van der Waals surface area contributed by atoms with Crippen LogP contribution in [0.5, 0.6) is 11.5 Å². The first-order valence-corrected chi connectivity index (χ1v) is 12.1. The molecule has 0 bridgehead atoms. The highest BCUT2D eigenvalue weighted by molar-refractivity contribution is 5.48. The smallest absolute Gasteiger partial charge is 0.387 e. The van der Waals surface area contributed by atoms with Gasteiger partial charge in [-0.25, -0.2) is 0 Å². The number of rotatable bonds is 9. The molecule has 1 aliphatic carbocycles. The number of aromatic nitrogens is 2. The molecule has 2 N–H and O–H groups in total. The molecule has 0 amide bonds. The van der Waals surface area contributed by atoms with E-state index in [9.17, 15) is 17.6 Å². The third-order valence-electron chi connectivity index (χ3n) is 6.92. The highest BCUT2D eigenvalue weighted by atomic mass is 19.3. The Balaban J connectivity index is 1.52. The molecule has 0 saturated carbocycles. The summed E-state index contributed by atoms with van der Waals surface area (Å²) in [5.41, 5.74) is 11.4. The Kier molecular flexibility index (Phi) is 7.28. The van der Waals surface area contributed by atoms with Crippen molar-refractivity contribution in [3.63, 3.8) is 0 Å². The van der Waals surface area contributed by atoms with Gasteiger partial charge in [0.25, 0.3) is 0 Å². The average molecular weight is 524 g/mol. The van der Waals surface area contributed by atoms with Crippen molar-refractivity contribution in [2.24, 2.45) is 5.73 Å². The van der Waals surface area contributed by atoms with Gasteiger partial charge in [-0.15, -0.1) is 0 Å². The van der Waals surface area contributed by atoms with Gasteiger partial charge < -0.3 is 15.2 Å². The van der Waals surface area contributed by atoms with E-state index in [1.807, 2.05) is 42.5 Å². The van der Waals surface area contributed by atoms with Crippen LogP contribution in [0.1, 0.15) is 45.8 Å². The molecule has 5 rings (SSSR count). The zero-order chi connectivity index (χ0) is 26.7. The van der Waals surface area contributed by atoms with E-state index in [0.29, 0.717) is 12.0 Å². The van der Waals surface area contributed by atoms with E-state index in [1.165, 1.54) is 17.7 Å². The molecule has 5 nitrogen and oxygen atoms in total. The highest BCUT2D eigenvalue weighted by Gasteiger charge is 2.37. The minimum Gasteiger partial charge on any atom is -0.431 e. The van der Waals surface area contributed by atoms with E-state index in [4.69, 9.17) is 10.7 Å². The number of hydrogen-bond acceptors (Lipinski definition) is 5. The van der Waals surface area contributed by atoms with Crippen LogP contribution in [0.15, 0.2) is 85.3 Å². The van der Waals surface area contributed by atoms with Gasteiger partial charge in [0.05, 0.1) is 11.2 Å². The molecule has 2 aromatic carbocycles. The maximum atomic E-state index is 13.1. The summed E-state index contributed by atoms with van der Waals surface area (Å²) in [4.78, 5) is 8.78. The number of halogens is 4. The van der Waals surface area contributed by atoms with Crippen molar-refractivity contribution in [1.82, 2.24) is 9.97 Å². The zero-order valence-electron chi connectivity index (χ0n) is 20.2. The Morgan fingerprint density at radius 3 is 2.26 bits per heavy atom. The molecular weight excluding hydrogens is 498 g/mol. The average Bonchev–Trinajstić information content (AvgIpc) is 3.26. The second kappa shape index (κ2) is 10.8. The van der Waals surface area contributed by atoms with Crippen LogP contribution in [-0.4, -0.2) is 23.2 Å². The van der Waals surface area contributed by atoms with Gasteiger partial charge in [0.1, 0.15) is 0 Å². The Hall–Kier alpha value is -3.98. The van der Waals surface area contributed by atoms with Crippen LogP contribution in [0.3, 0.4) is 0 Å². The maximum absolute atomic E-state index is 13.1. The molecule has 2 aromatic heterocycles. The van der Waals surface area contributed by atoms with Gasteiger partial charge in [0.2, 0.25) is 0 Å². The van der Waals surface area contributed by atoms with Crippen molar-refractivity contribution >= 4 is 0 Å². The number of hydrogen-bond donors (Lipinski definition) is 1. The summed E-state index contributed by atoms with van der Waals surface area (Å²) >= 11 is 0. The van der Waals surface area contributed by atoms with Crippen molar-refractivity contribution in [3.05, 3.63) is 119 Å². The molecular formula is C29H25F4N3O2. The van der Waals surface area contributed by atoms with Crippen LogP contribution in [-0.2, 0) is 18.4 Å². The van der Waals surface area contributed by atoms with Crippen molar-refractivity contribution < 1.29 is 27.0 Å². The molecule has 0 radical (unpaired) electrons. The van der Waals surface area contributed by atoms with Crippen LogP contribution < -0.4 is 15.2 Å². The number of ether oxygens (including phenoxy) is 2. The normalized spacial score (nSPS) is 17.4. The van der Waals surface area contributed by atoms with E-state index in [0.717, 1.165) is 35.2 Å². The number of benzene rings is 2. The van der Waals surface area contributed by atoms with Crippen LogP contribution in [0.25, 0.3) is 0 Å². The van der Waals surface area contributed by atoms with Gasteiger partial charge in [-0.2, -0.15) is 17.6 Å². The minimum absolute atomic E-state index is 0.357. The lowest BCUT2D eigenvalue weighted by atomic mass is 9.85. The van der Waals surface area contributed by atoms with Gasteiger partial charge in [0.15, 0.2) is 11.5 Å². The maximum Gasteiger partial charge on any atom is 0.387 e. The monoisotopic (exact) mass is 523 g/mol. The van der Waals surface area contributed by atoms with Gasteiger partial charge >= 0.3 is 13.2 Å². The molecule has 2 atom stereocenters. The fourth-order valence-electron chi connectivity index (χ4n) is 5.09. The van der Waals surface area contributed by atoms with Crippen LogP contribution in [0.4, 0.5) is 17.6 Å². The Morgan fingerprint density at radius 1 is 0.842 bits per heavy atom. The lowest BCUT2D eigenvalue weighted by molar-refractivity contribution is -0.0692. The summed E-state index contributed by atoms with van der Waals surface area (Å²) in [6, 6.07) is 19.7. The molecule has 0 saturated heterocycles. The lowest BCUT2D eigenvalue weighted by Crippen LogP contribution is -2.36. The number of nitrogens with zero attached hydrogens (tertiary/aromatic N) is 2. The molecule has 0 spiro atoms. The van der Waals surface area contributed by atoms with Crippen LogP contribution >= 0.6 is 0 Å². The molecule has 4 aromatic rings. The molecule has 9 heteroatoms. The van der Waals surface area contributed by atoms with Crippen molar-refractivity contribution in [2.75, 3.05) is 0 Å². The summed E-state index contributed by atoms with van der Waals surface area (Å²) in [7, 11) is 0. The van der Waals surface area contributed by atoms with Crippen molar-refractivity contribution in [2.45, 2.75) is 43.9 Å². The summed E-state index contributed by atoms with van der Waals surface area (Å²) in [6.45, 7) is -6.39. The molecule has 0 aliphatic heterocycles. The topological polar surface area (TPSA) is 70.3 Å². The van der Waals surface area contributed by atoms with E-state index in [2.05, 4.69) is 20.5 Å². The van der Waals surface area contributed by atoms with E-state index < -0.39 is 30.3 Å². The van der Waals surface area contributed by atoms with Gasteiger partial charge in [-0.3, -0.25) is 9.97 Å². The SMILES string of the molecule is N[C@@]1(c2ccc(C(Cc3ccncc3)c3ccc(OC(F)F)c(OC(F)F)c3)cn2)CCc2ccccc21. The highest BCUT2D eigenvalue weighted by Crippen LogP contribution is 2.40. The van der Waals surface area contributed by atoms with Crippen molar-refractivity contribution in [1.29, 1.82) is 0 Å². The number of pyridine rings is 2. The predicted molar refractivity (Wildman–Crippen MR) is 133 cm³/mol. The van der Waals surface area contributed by atoms with Gasteiger partial charge in [-0.1, -0.05) is 36.4 Å². The predicted octanol–water partition coefficient (Wildman–Crippen LogP) is 6.20. The summed E-state index contributed by atoms with van der Waals surface area (Å²) in [6.07, 6.45) is 7.12. The van der Waals surface area contributed by atoms with Gasteiger partial charge in [0, 0.05) is 24.5 Å². The van der Waals surface area contributed by atoms with E-state index in [-0.39, 0.29) is 5.92 Å². The summed E-state index contributed by atoms with van der Waals surface area (Å²) in [5.74, 6) is -1.29. The largest absolute Gasteiger partial charge is 0.431 e. The lowest BCUT2D eigenvalue weighted by Gasteiger charge is -2.26. The summed E-state index contributed by atoms with van der Waals surface area (Å²) in [5, 5.41) is 0. The van der Waals surface area contributed by atoms with Crippen molar-refractivity contribution in [3.8, 4) is 11.5 Å². The molecule has 196 valence electrons. The fraction of sp³-hybridized carbons (Fsp3) is 0.241. The van der Waals surface area contributed by atoms with E-state index >= 15 is 0 Å². The van der Waals surface area contributed by atoms with E-state index in [1.54, 1.807) is 24.7 Å². The molecule has 2 heterocycles. The fourth-order valence-corrected chi connectivity index (χ4v) is 5.09. The standard InChI is InChI=1S/C29H25F4N3O2/c30-27(31)37-24-7-5-20(16-25(24)38-28(32)33)22(15-18-10-13-35-14-11-18)21-6-8-26(36-17-21)29(34)12-9-19-3-1-2-4-23(19)29/h1-8,10-11,13-14,16-17,22,27-28H,9,12,15,34H2/t22?,29-/m0/s1. The zero-order valence-corrected chi connectivity index (χ0v) is 20.2. The second-order valence-electron chi connectivity index (χ2n) is 9.18. The third kappa shape index (κ3) is 5.33. The van der Waals surface area contributed by atoms with Crippen LogP contribution in [0.2, 0.25) is 0 Å². The first kappa shape index (κ1) is 25.7. The molecule has 1 aliphatic rings. The van der Waals surface area contributed by atoms with Gasteiger partial charge in [-0.05, 0) is 77.4 Å².